The number of methoxy groups -OCH3 is 2. The third-order valence-corrected chi connectivity index (χ3v) is 3.94. The van der Waals surface area contributed by atoms with Crippen molar-refractivity contribution in [2.75, 3.05) is 26.5 Å². The SMILES string of the molecule is COc1ccc(CCN=C2OC(C)CS2)cc1OC. The lowest BCUT2D eigenvalue weighted by Crippen LogP contribution is -2.03. The summed E-state index contributed by atoms with van der Waals surface area (Å²) in [6, 6.07) is 5.95. The van der Waals surface area contributed by atoms with Gasteiger partial charge in [0.2, 0.25) is 5.23 Å². The lowest BCUT2D eigenvalue weighted by molar-refractivity contribution is 0.251. The van der Waals surface area contributed by atoms with Gasteiger partial charge in [0.15, 0.2) is 11.5 Å². The van der Waals surface area contributed by atoms with Gasteiger partial charge >= 0.3 is 0 Å². The fourth-order valence-electron chi connectivity index (χ4n) is 1.82. The molecule has 0 amide bonds. The lowest BCUT2D eigenvalue weighted by Gasteiger charge is -2.09. The zero-order valence-electron chi connectivity index (χ0n) is 11.5. The second-order valence-electron chi connectivity index (χ2n) is 4.33. The molecule has 1 aromatic rings. The molecule has 1 aliphatic rings. The summed E-state index contributed by atoms with van der Waals surface area (Å²) in [7, 11) is 3.28. The Morgan fingerprint density at radius 3 is 2.74 bits per heavy atom. The van der Waals surface area contributed by atoms with Crippen LogP contribution in [-0.2, 0) is 11.2 Å². The summed E-state index contributed by atoms with van der Waals surface area (Å²) in [5.74, 6) is 2.50. The van der Waals surface area contributed by atoms with Crippen LogP contribution in [0.2, 0.25) is 0 Å². The van der Waals surface area contributed by atoms with E-state index in [9.17, 15) is 0 Å². The van der Waals surface area contributed by atoms with Gasteiger partial charge in [0.25, 0.3) is 0 Å². The Morgan fingerprint density at radius 2 is 2.11 bits per heavy atom. The normalized spacial score (nSPS) is 20.4. The molecule has 1 atom stereocenters. The monoisotopic (exact) mass is 281 g/mol. The highest BCUT2D eigenvalue weighted by Crippen LogP contribution is 2.27. The van der Waals surface area contributed by atoms with E-state index in [0.29, 0.717) is 0 Å². The molecule has 0 bridgehead atoms. The molecule has 2 rings (SSSR count). The van der Waals surface area contributed by atoms with Gasteiger partial charge in [-0.1, -0.05) is 17.8 Å². The average molecular weight is 281 g/mol. The topological polar surface area (TPSA) is 40.0 Å². The van der Waals surface area contributed by atoms with E-state index in [1.165, 1.54) is 5.56 Å². The second-order valence-corrected chi connectivity index (χ2v) is 5.30. The first kappa shape index (κ1) is 14.1. The van der Waals surface area contributed by atoms with Crippen LogP contribution in [0.15, 0.2) is 23.2 Å². The minimum absolute atomic E-state index is 0.282. The molecule has 1 fully saturated rings. The van der Waals surface area contributed by atoms with Crippen molar-refractivity contribution in [3.63, 3.8) is 0 Å². The number of nitrogens with zero attached hydrogens (tertiary/aromatic N) is 1. The van der Waals surface area contributed by atoms with Gasteiger partial charge in [0, 0.05) is 12.3 Å². The minimum atomic E-state index is 0.282. The van der Waals surface area contributed by atoms with Gasteiger partial charge in [-0.2, -0.15) is 0 Å². The fourth-order valence-corrected chi connectivity index (χ4v) is 2.68. The van der Waals surface area contributed by atoms with Crippen molar-refractivity contribution in [1.29, 1.82) is 0 Å². The highest BCUT2D eigenvalue weighted by atomic mass is 32.2. The summed E-state index contributed by atoms with van der Waals surface area (Å²) in [6.07, 6.45) is 1.15. The number of benzene rings is 1. The van der Waals surface area contributed by atoms with Crippen LogP contribution in [0.5, 0.6) is 11.5 Å². The third-order valence-electron chi connectivity index (χ3n) is 2.83. The van der Waals surface area contributed by atoms with Crippen LogP contribution in [0.1, 0.15) is 12.5 Å². The van der Waals surface area contributed by atoms with E-state index in [0.717, 1.165) is 35.4 Å². The maximum Gasteiger partial charge on any atom is 0.246 e. The zero-order valence-corrected chi connectivity index (χ0v) is 12.3. The number of hydrogen-bond donors (Lipinski definition) is 0. The van der Waals surface area contributed by atoms with Crippen LogP contribution >= 0.6 is 11.8 Å². The van der Waals surface area contributed by atoms with E-state index in [-0.39, 0.29) is 6.10 Å². The van der Waals surface area contributed by atoms with Gasteiger partial charge in [-0.3, -0.25) is 0 Å². The van der Waals surface area contributed by atoms with Crippen LogP contribution in [0.25, 0.3) is 0 Å². The average Bonchev–Trinajstić information content (AvgIpc) is 2.84. The predicted molar refractivity (Wildman–Crippen MR) is 78.6 cm³/mol. The van der Waals surface area contributed by atoms with Crippen LogP contribution < -0.4 is 9.47 Å². The Bertz CT molecular complexity index is 462. The van der Waals surface area contributed by atoms with E-state index in [2.05, 4.69) is 11.9 Å². The first-order valence-corrected chi connectivity index (χ1v) is 7.26. The Morgan fingerprint density at radius 1 is 1.32 bits per heavy atom. The van der Waals surface area contributed by atoms with Crippen LogP contribution in [-0.4, -0.2) is 37.9 Å². The summed E-state index contributed by atoms with van der Waals surface area (Å²) >= 11 is 1.68. The highest BCUT2D eigenvalue weighted by molar-refractivity contribution is 8.13. The maximum atomic E-state index is 5.55. The lowest BCUT2D eigenvalue weighted by atomic mass is 10.1. The molecule has 0 aliphatic carbocycles. The quantitative estimate of drug-likeness (QED) is 0.832. The number of thioether (sulfide) groups is 1. The highest BCUT2D eigenvalue weighted by Gasteiger charge is 2.17. The van der Waals surface area contributed by atoms with Gasteiger partial charge in [-0.05, 0) is 31.0 Å². The van der Waals surface area contributed by atoms with Gasteiger partial charge in [-0.25, -0.2) is 4.99 Å². The van der Waals surface area contributed by atoms with Crippen molar-refractivity contribution in [2.45, 2.75) is 19.4 Å². The molecule has 1 unspecified atom stereocenters. The van der Waals surface area contributed by atoms with E-state index < -0.39 is 0 Å². The summed E-state index contributed by atoms with van der Waals surface area (Å²) in [4.78, 5) is 4.45. The molecule has 19 heavy (non-hydrogen) atoms. The summed E-state index contributed by atoms with van der Waals surface area (Å²) in [5, 5.41) is 0.813. The molecule has 1 aromatic carbocycles. The first-order valence-electron chi connectivity index (χ1n) is 6.27. The minimum Gasteiger partial charge on any atom is -0.493 e. The molecular weight excluding hydrogens is 262 g/mol. The zero-order chi connectivity index (χ0) is 13.7. The van der Waals surface area contributed by atoms with Crippen LogP contribution in [0.3, 0.4) is 0 Å². The number of aliphatic imine (C=N–C) groups is 1. The largest absolute Gasteiger partial charge is 0.493 e. The second kappa shape index (κ2) is 6.70. The number of ether oxygens (including phenoxy) is 3. The predicted octanol–water partition coefficient (Wildman–Crippen LogP) is 2.75. The Kier molecular flexibility index (Phi) is 4.96. The number of rotatable bonds is 5. The van der Waals surface area contributed by atoms with Crippen LogP contribution in [0, 0.1) is 0 Å². The van der Waals surface area contributed by atoms with Crippen molar-refractivity contribution < 1.29 is 14.2 Å². The molecule has 1 aliphatic heterocycles. The molecule has 0 N–H and O–H groups in total. The van der Waals surface area contributed by atoms with E-state index in [4.69, 9.17) is 14.2 Å². The molecule has 0 spiro atoms. The van der Waals surface area contributed by atoms with Crippen molar-refractivity contribution >= 4 is 17.0 Å². The standard InChI is InChI=1S/C14H19NO3S/c1-10-9-19-14(18-10)15-7-6-11-4-5-12(16-2)13(8-11)17-3/h4-5,8,10H,6-7,9H2,1-3H3. The third kappa shape index (κ3) is 3.80. The molecule has 0 aromatic heterocycles. The van der Waals surface area contributed by atoms with Crippen LogP contribution in [0.4, 0.5) is 0 Å². The van der Waals surface area contributed by atoms with Crippen molar-refractivity contribution in [3.8, 4) is 11.5 Å². The Hall–Kier alpha value is -1.36. The molecule has 4 nitrogen and oxygen atoms in total. The first-order chi connectivity index (χ1) is 9.22. The number of hydrogen-bond acceptors (Lipinski definition) is 5. The molecule has 1 heterocycles. The summed E-state index contributed by atoms with van der Waals surface area (Å²) in [6.45, 7) is 2.79. The smallest absolute Gasteiger partial charge is 0.246 e. The van der Waals surface area contributed by atoms with Gasteiger partial charge in [-0.15, -0.1) is 0 Å². The Balaban J connectivity index is 1.92. The molecule has 1 saturated heterocycles. The molecular formula is C14H19NO3S. The molecule has 5 heteroatoms. The van der Waals surface area contributed by atoms with Crippen molar-refractivity contribution in [2.24, 2.45) is 4.99 Å². The molecule has 104 valence electrons. The van der Waals surface area contributed by atoms with Crippen molar-refractivity contribution in [3.05, 3.63) is 23.8 Å². The van der Waals surface area contributed by atoms with E-state index in [1.807, 2.05) is 18.2 Å². The maximum absolute atomic E-state index is 5.55. The molecule has 0 radical (unpaired) electrons. The molecule has 0 saturated carbocycles. The van der Waals surface area contributed by atoms with Gasteiger partial charge in [0.05, 0.1) is 14.2 Å². The van der Waals surface area contributed by atoms with E-state index >= 15 is 0 Å². The van der Waals surface area contributed by atoms with Crippen molar-refractivity contribution in [1.82, 2.24) is 0 Å². The van der Waals surface area contributed by atoms with Gasteiger partial charge < -0.3 is 14.2 Å². The summed E-state index contributed by atoms with van der Waals surface area (Å²) in [5.41, 5.74) is 1.18. The fraction of sp³-hybridized carbons (Fsp3) is 0.500. The summed E-state index contributed by atoms with van der Waals surface area (Å²) < 4.78 is 16.0. The van der Waals surface area contributed by atoms with Gasteiger partial charge in [0.1, 0.15) is 6.10 Å². The van der Waals surface area contributed by atoms with E-state index in [1.54, 1.807) is 26.0 Å². The Labute approximate surface area is 118 Å².